The number of hydrogen-bond donors (Lipinski definition) is 0. The molecule has 0 radical (unpaired) electrons. The van der Waals surface area contributed by atoms with E-state index in [4.69, 9.17) is 0 Å². The topological polar surface area (TPSA) is 0 Å². The van der Waals surface area contributed by atoms with Gasteiger partial charge < -0.3 is 0 Å². The molecule has 6 rings (SSSR count). The highest BCUT2D eigenvalue weighted by Gasteiger charge is 2.24. The van der Waals surface area contributed by atoms with Crippen LogP contribution in [-0.2, 0) is 0 Å². The van der Waals surface area contributed by atoms with Gasteiger partial charge in [0.25, 0.3) is 12.2 Å². The standard InChI is InChI=1S/C25H27F5.C24H25F5/c26-22-15-21(16-23(27)25(22)30)20-13-11-19(12-14-20)18-9-7-17(8-10-18)5-3-1-2-4-6-24(28)29;25-21-14-20(15-22(26)24(21)29)19-12-10-18(11-13-19)17-8-6-16(7-9-17)4-2-1-3-5-23(27)28/h6,11-18H,1-5,7-10H2;5,10-17H,1-4,6-9H2. The van der Waals surface area contributed by atoms with Crippen LogP contribution in [0.4, 0.5) is 43.9 Å². The predicted molar refractivity (Wildman–Crippen MR) is 215 cm³/mol. The maximum atomic E-state index is 13.5. The zero-order valence-electron chi connectivity index (χ0n) is 33.2. The molecule has 59 heavy (non-hydrogen) atoms. The van der Waals surface area contributed by atoms with Gasteiger partial charge in [0.1, 0.15) is 0 Å². The van der Waals surface area contributed by atoms with Crippen LogP contribution in [0.2, 0.25) is 0 Å². The molecule has 0 heterocycles. The number of benzene rings is 4. The van der Waals surface area contributed by atoms with Gasteiger partial charge in [-0.2, -0.15) is 17.6 Å². The lowest BCUT2D eigenvalue weighted by Crippen LogP contribution is -2.13. The number of hydrogen-bond acceptors (Lipinski definition) is 0. The van der Waals surface area contributed by atoms with E-state index in [-0.39, 0.29) is 0 Å². The SMILES string of the molecule is FC(F)=CCCCCC1CCC(c2ccc(-c3cc(F)c(F)c(F)c3)cc2)CC1.FC(F)=CCCCCCC1CCC(c2ccc(-c3cc(F)c(F)c(F)c3)cc2)CC1. The molecule has 0 aromatic heterocycles. The lowest BCUT2D eigenvalue weighted by molar-refractivity contribution is 0.302. The van der Waals surface area contributed by atoms with Crippen LogP contribution in [0.5, 0.6) is 0 Å². The first-order valence-electron chi connectivity index (χ1n) is 20.9. The second-order valence-electron chi connectivity index (χ2n) is 16.1. The summed E-state index contributed by atoms with van der Waals surface area (Å²) in [5.74, 6) is -5.32. The van der Waals surface area contributed by atoms with E-state index in [0.29, 0.717) is 58.8 Å². The summed E-state index contributed by atoms with van der Waals surface area (Å²) in [7, 11) is 0. The fraction of sp³-hybridized carbons (Fsp3) is 0.429. The molecule has 0 atom stereocenters. The minimum Gasteiger partial charge on any atom is -0.204 e. The van der Waals surface area contributed by atoms with Gasteiger partial charge >= 0.3 is 0 Å². The number of allylic oxidation sites excluding steroid dienone is 2. The quantitative estimate of drug-likeness (QED) is 0.0636. The molecule has 0 aliphatic heterocycles. The lowest BCUT2D eigenvalue weighted by atomic mass is 9.77. The molecule has 4 aromatic carbocycles. The summed E-state index contributed by atoms with van der Waals surface area (Å²) in [6.07, 6.45) is 15.7. The summed E-state index contributed by atoms with van der Waals surface area (Å²) in [5.41, 5.74) is 4.39. The number of halogens is 10. The summed E-state index contributed by atoms with van der Waals surface area (Å²) in [5, 5.41) is 0. The van der Waals surface area contributed by atoms with Crippen molar-refractivity contribution in [3.05, 3.63) is 143 Å². The van der Waals surface area contributed by atoms with Gasteiger partial charge in [-0.05, 0) is 171 Å². The average molecular weight is 831 g/mol. The van der Waals surface area contributed by atoms with Gasteiger partial charge in [0.15, 0.2) is 34.9 Å². The Hall–Kier alpha value is -4.34. The van der Waals surface area contributed by atoms with Crippen LogP contribution in [0, 0.1) is 46.7 Å². The van der Waals surface area contributed by atoms with E-state index < -0.39 is 47.1 Å². The Morgan fingerprint density at radius 3 is 1.07 bits per heavy atom. The van der Waals surface area contributed by atoms with Crippen molar-refractivity contribution in [3.63, 3.8) is 0 Å². The molecule has 0 amide bonds. The Labute approximate surface area is 341 Å². The van der Waals surface area contributed by atoms with Crippen LogP contribution in [0.15, 0.2) is 97.1 Å². The second kappa shape index (κ2) is 22.9. The van der Waals surface area contributed by atoms with Gasteiger partial charge in [-0.25, -0.2) is 26.3 Å². The molecule has 0 nitrogen and oxygen atoms in total. The Balaban J connectivity index is 0.000000224. The van der Waals surface area contributed by atoms with E-state index in [2.05, 4.69) is 0 Å². The van der Waals surface area contributed by atoms with E-state index in [1.54, 1.807) is 0 Å². The van der Waals surface area contributed by atoms with Crippen LogP contribution >= 0.6 is 0 Å². The first-order valence-corrected chi connectivity index (χ1v) is 20.9. The van der Waals surface area contributed by atoms with E-state index >= 15 is 0 Å². The van der Waals surface area contributed by atoms with Crippen LogP contribution in [0.25, 0.3) is 22.3 Å². The van der Waals surface area contributed by atoms with Gasteiger partial charge in [-0.15, -0.1) is 0 Å². The molecule has 2 fully saturated rings. The van der Waals surface area contributed by atoms with Gasteiger partial charge in [-0.1, -0.05) is 80.6 Å². The van der Waals surface area contributed by atoms with Crippen molar-refractivity contribution in [2.75, 3.05) is 0 Å². The minimum absolute atomic E-state index is 0.319. The van der Waals surface area contributed by atoms with Gasteiger partial charge in [0, 0.05) is 0 Å². The summed E-state index contributed by atoms with van der Waals surface area (Å²) in [6, 6.07) is 19.3. The van der Waals surface area contributed by atoms with Gasteiger partial charge in [0.2, 0.25) is 0 Å². The minimum atomic E-state index is -1.59. The van der Waals surface area contributed by atoms with Crippen molar-refractivity contribution >= 4 is 0 Å². The Kier molecular flexibility index (Phi) is 17.7. The molecule has 2 saturated carbocycles. The van der Waals surface area contributed by atoms with Crippen LogP contribution in [0.3, 0.4) is 0 Å². The fourth-order valence-electron chi connectivity index (χ4n) is 8.66. The van der Waals surface area contributed by atoms with Crippen LogP contribution in [0.1, 0.15) is 132 Å². The Bertz CT molecular complexity index is 1920. The maximum Gasteiger partial charge on any atom is 0.266 e. The largest absolute Gasteiger partial charge is 0.266 e. The molecular formula is C49H52F10. The molecule has 2 aliphatic carbocycles. The highest BCUT2D eigenvalue weighted by molar-refractivity contribution is 5.65. The van der Waals surface area contributed by atoms with Crippen molar-refractivity contribution in [2.45, 2.75) is 121 Å². The van der Waals surface area contributed by atoms with Crippen molar-refractivity contribution in [1.82, 2.24) is 0 Å². The van der Waals surface area contributed by atoms with Crippen molar-refractivity contribution in [3.8, 4) is 22.3 Å². The molecule has 4 aromatic rings. The molecule has 2 aliphatic rings. The Morgan fingerprint density at radius 1 is 0.407 bits per heavy atom. The molecular weight excluding hydrogens is 779 g/mol. The molecule has 0 unspecified atom stereocenters. The first-order chi connectivity index (χ1) is 28.4. The van der Waals surface area contributed by atoms with E-state index in [1.165, 1.54) is 24.0 Å². The third kappa shape index (κ3) is 14.1. The first kappa shape index (κ1) is 45.7. The third-order valence-corrected chi connectivity index (χ3v) is 12.1. The highest BCUT2D eigenvalue weighted by Crippen LogP contribution is 2.40. The van der Waals surface area contributed by atoms with E-state index in [9.17, 15) is 43.9 Å². The lowest BCUT2D eigenvalue weighted by Gasteiger charge is -2.29. The monoisotopic (exact) mass is 830 g/mol. The summed E-state index contributed by atoms with van der Waals surface area (Å²) in [4.78, 5) is 0. The fourth-order valence-corrected chi connectivity index (χ4v) is 8.66. The van der Waals surface area contributed by atoms with Gasteiger partial charge in [0.05, 0.1) is 0 Å². The van der Waals surface area contributed by atoms with Gasteiger partial charge in [-0.3, -0.25) is 0 Å². The highest BCUT2D eigenvalue weighted by atomic mass is 19.3. The Morgan fingerprint density at radius 2 is 0.729 bits per heavy atom. The zero-order valence-corrected chi connectivity index (χ0v) is 33.2. The van der Waals surface area contributed by atoms with Crippen molar-refractivity contribution in [1.29, 1.82) is 0 Å². The van der Waals surface area contributed by atoms with Crippen molar-refractivity contribution < 1.29 is 43.9 Å². The summed E-state index contributed by atoms with van der Waals surface area (Å²) < 4.78 is 128. The zero-order chi connectivity index (χ0) is 42.3. The predicted octanol–water partition coefficient (Wildman–Crippen LogP) is 17.2. The third-order valence-electron chi connectivity index (χ3n) is 12.1. The average Bonchev–Trinajstić information content (AvgIpc) is 3.23. The molecule has 0 N–H and O–H groups in total. The molecule has 0 saturated heterocycles. The smallest absolute Gasteiger partial charge is 0.204 e. The summed E-state index contributed by atoms with van der Waals surface area (Å²) in [6.45, 7) is 0. The van der Waals surface area contributed by atoms with E-state index in [1.807, 2.05) is 48.5 Å². The van der Waals surface area contributed by atoms with Crippen LogP contribution < -0.4 is 0 Å². The molecule has 0 bridgehead atoms. The molecule has 318 valence electrons. The number of unbranched alkanes of at least 4 members (excludes halogenated alkanes) is 5. The molecule has 10 heteroatoms. The summed E-state index contributed by atoms with van der Waals surface area (Å²) >= 11 is 0. The maximum absolute atomic E-state index is 13.5. The molecule has 0 spiro atoms. The van der Waals surface area contributed by atoms with E-state index in [0.717, 1.165) is 120 Å². The van der Waals surface area contributed by atoms with Crippen LogP contribution in [-0.4, -0.2) is 0 Å². The number of rotatable bonds is 15. The van der Waals surface area contributed by atoms with Crippen molar-refractivity contribution in [2.24, 2.45) is 11.8 Å². The second-order valence-corrected chi connectivity index (χ2v) is 16.1. The normalized spacial score (nSPS) is 19.1.